The number of carbonyl (C=O) groups is 1. The van der Waals surface area contributed by atoms with Gasteiger partial charge in [0.2, 0.25) is 0 Å². The number of fused-ring (bicyclic) bond motifs is 1. The van der Waals surface area contributed by atoms with E-state index in [0.717, 1.165) is 37.9 Å². The summed E-state index contributed by atoms with van der Waals surface area (Å²) in [7, 11) is 0. The van der Waals surface area contributed by atoms with E-state index in [1.54, 1.807) is 23.1 Å². The van der Waals surface area contributed by atoms with E-state index in [0.29, 0.717) is 5.82 Å². The summed E-state index contributed by atoms with van der Waals surface area (Å²) in [6.45, 7) is 9.24. The average Bonchev–Trinajstić information content (AvgIpc) is 3.29. The molecule has 1 fully saturated rings. The smallest absolute Gasteiger partial charge is 0.264 e. The topological polar surface area (TPSA) is 54.3 Å². The summed E-state index contributed by atoms with van der Waals surface area (Å²) in [5.74, 6) is 0.723. The Morgan fingerprint density at radius 3 is 2.75 bits per heavy atom. The van der Waals surface area contributed by atoms with Crippen LogP contribution in [-0.4, -0.2) is 68.4 Å². The standard InChI is InChI=1S/C16H21N5OS2/c1-3-19-6-8-20(9-7-19)13(12-5-4-10-23-12)14-15(22)21-16(24-14)17-11(2)18-21/h4-5,10,13-14H,3,6-9H2,1-2H3. The zero-order chi connectivity index (χ0) is 16.7. The van der Waals surface area contributed by atoms with Gasteiger partial charge in [0, 0.05) is 31.1 Å². The first-order valence-corrected chi connectivity index (χ1v) is 10.1. The molecule has 2 aliphatic heterocycles. The molecule has 24 heavy (non-hydrogen) atoms. The number of piperazine rings is 1. The lowest BCUT2D eigenvalue weighted by Crippen LogP contribution is -2.50. The van der Waals surface area contributed by atoms with Crippen LogP contribution in [0.5, 0.6) is 0 Å². The van der Waals surface area contributed by atoms with Gasteiger partial charge in [0.25, 0.3) is 5.91 Å². The van der Waals surface area contributed by atoms with Crippen molar-refractivity contribution in [3.63, 3.8) is 0 Å². The Morgan fingerprint density at radius 1 is 1.33 bits per heavy atom. The van der Waals surface area contributed by atoms with Gasteiger partial charge in [-0.1, -0.05) is 24.8 Å². The fraction of sp³-hybridized carbons (Fsp3) is 0.562. The van der Waals surface area contributed by atoms with E-state index < -0.39 is 0 Å². The first-order valence-electron chi connectivity index (χ1n) is 8.31. The van der Waals surface area contributed by atoms with E-state index in [-0.39, 0.29) is 17.2 Å². The van der Waals surface area contributed by atoms with Crippen LogP contribution < -0.4 is 0 Å². The van der Waals surface area contributed by atoms with E-state index in [9.17, 15) is 4.79 Å². The molecule has 0 saturated carbocycles. The van der Waals surface area contributed by atoms with Gasteiger partial charge < -0.3 is 4.90 Å². The second-order valence-corrected chi connectivity index (χ2v) is 8.25. The second-order valence-electron chi connectivity index (χ2n) is 6.16. The normalized spacial score (nSPS) is 23.6. The van der Waals surface area contributed by atoms with Crippen LogP contribution in [0.25, 0.3) is 0 Å². The van der Waals surface area contributed by atoms with Gasteiger partial charge in [-0.05, 0) is 24.9 Å². The number of nitrogens with zero attached hydrogens (tertiary/aromatic N) is 5. The lowest BCUT2D eigenvalue weighted by molar-refractivity contribution is 0.0745. The van der Waals surface area contributed by atoms with Crippen molar-refractivity contribution < 1.29 is 4.79 Å². The predicted octanol–water partition coefficient (Wildman–Crippen LogP) is 2.14. The maximum atomic E-state index is 12.9. The van der Waals surface area contributed by atoms with Crippen molar-refractivity contribution in [2.24, 2.45) is 0 Å². The highest BCUT2D eigenvalue weighted by Crippen LogP contribution is 2.42. The Kier molecular flexibility index (Phi) is 4.46. The summed E-state index contributed by atoms with van der Waals surface area (Å²) >= 11 is 3.30. The van der Waals surface area contributed by atoms with Crippen molar-refractivity contribution in [1.29, 1.82) is 0 Å². The minimum absolute atomic E-state index is 0.0620. The third-order valence-electron chi connectivity index (χ3n) is 4.74. The lowest BCUT2D eigenvalue weighted by atomic mass is 10.1. The summed E-state index contributed by atoms with van der Waals surface area (Å²) in [5.41, 5.74) is 0. The Bertz CT molecular complexity index is 721. The Morgan fingerprint density at radius 2 is 2.12 bits per heavy atom. The molecular formula is C16H21N5OS2. The van der Waals surface area contributed by atoms with E-state index in [1.165, 1.54) is 9.56 Å². The fourth-order valence-corrected chi connectivity index (χ4v) is 5.71. The molecule has 4 rings (SSSR count). The molecule has 2 atom stereocenters. The maximum absolute atomic E-state index is 12.9. The highest BCUT2D eigenvalue weighted by atomic mass is 32.2. The third kappa shape index (κ3) is 2.81. The molecule has 0 aliphatic carbocycles. The number of thiophene rings is 1. The van der Waals surface area contributed by atoms with Gasteiger partial charge in [-0.15, -0.1) is 16.4 Å². The van der Waals surface area contributed by atoms with Crippen LogP contribution in [0.4, 0.5) is 0 Å². The van der Waals surface area contributed by atoms with Crippen LogP contribution in [-0.2, 0) is 0 Å². The average molecular weight is 364 g/mol. The van der Waals surface area contributed by atoms with E-state index in [1.807, 2.05) is 6.92 Å². The monoisotopic (exact) mass is 363 g/mol. The third-order valence-corrected chi connectivity index (χ3v) is 6.87. The van der Waals surface area contributed by atoms with Gasteiger partial charge in [-0.2, -0.15) is 4.68 Å². The van der Waals surface area contributed by atoms with Gasteiger partial charge in [0.1, 0.15) is 11.1 Å². The van der Waals surface area contributed by atoms with Crippen molar-refractivity contribution >= 4 is 29.0 Å². The highest BCUT2D eigenvalue weighted by molar-refractivity contribution is 8.01. The van der Waals surface area contributed by atoms with Crippen LogP contribution in [0.3, 0.4) is 0 Å². The molecule has 2 aromatic rings. The van der Waals surface area contributed by atoms with E-state index in [4.69, 9.17) is 0 Å². The highest BCUT2D eigenvalue weighted by Gasteiger charge is 2.43. The van der Waals surface area contributed by atoms with Gasteiger partial charge >= 0.3 is 0 Å². The lowest BCUT2D eigenvalue weighted by Gasteiger charge is -2.40. The minimum Gasteiger partial charge on any atom is -0.301 e. The summed E-state index contributed by atoms with van der Waals surface area (Å²) in [6, 6.07) is 4.32. The van der Waals surface area contributed by atoms with Crippen molar-refractivity contribution in [2.75, 3.05) is 32.7 Å². The Labute approximate surface area is 149 Å². The number of aromatic nitrogens is 3. The molecule has 0 aromatic carbocycles. The first-order chi connectivity index (χ1) is 11.7. The molecule has 4 heterocycles. The fourth-order valence-electron chi connectivity index (χ4n) is 3.44. The number of hydrogen-bond acceptors (Lipinski definition) is 7. The van der Waals surface area contributed by atoms with Crippen LogP contribution in [0.1, 0.15) is 28.5 Å². The molecule has 0 spiro atoms. The zero-order valence-corrected chi connectivity index (χ0v) is 15.5. The van der Waals surface area contributed by atoms with Crippen LogP contribution in [0, 0.1) is 6.92 Å². The van der Waals surface area contributed by atoms with Gasteiger partial charge in [0.05, 0.1) is 6.04 Å². The molecular weight excluding hydrogens is 342 g/mol. The molecule has 128 valence electrons. The zero-order valence-electron chi connectivity index (χ0n) is 13.9. The number of aryl methyl sites for hydroxylation is 1. The summed E-state index contributed by atoms with van der Waals surface area (Å²) in [6.07, 6.45) is 0. The van der Waals surface area contributed by atoms with Gasteiger partial charge in [-0.3, -0.25) is 9.69 Å². The molecule has 6 nitrogen and oxygen atoms in total. The summed E-state index contributed by atoms with van der Waals surface area (Å²) in [4.78, 5) is 23.5. The Balaban J connectivity index is 1.61. The van der Waals surface area contributed by atoms with Gasteiger partial charge in [-0.25, -0.2) is 4.98 Å². The van der Waals surface area contributed by atoms with Crippen LogP contribution in [0.2, 0.25) is 0 Å². The molecule has 0 bridgehead atoms. The molecule has 0 radical (unpaired) electrons. The number of carbonyl (C=O) groups excluding carboxylic acids is 1. The molecule has 8 heteroatoms. The predicted molar refractivity (Wildman–Crippen MR) is 95.8 cm³/mol. The van der Waals surface area contributed by atoms with Crippen molar-refractivity contribution in [1.82, 2.24) is 24.6 Å². The molecule has 0 amide bonds. The largest absolute Gasteiger partial charge is 0.301 e. The number of hydrogen-bond donors (Lipinski definition) is 0. The number of thioether (sulfide) groups is 1. The maximum Gasteiger partial charge on any atom is 0.264 e. The number of likely N-dealkylation sites (N-methyl/N-ethyl adjacent to an activating group) is 1. The van der Waals surface area contributed by atoms with E-state index in [2.05, 4.69) is 44.3 Å². The Hall–Kier alpha value is -1.22. The van der Waals surface area contributed by atoms with E-state index >= 15 is 0 Å². The quantitative estimate of drug-likeness (QED) is 0.830. The molecule has 1 saturated heterocycles. The summed E-state index contributed by atoms with van der Waals surface area (Å²) in [5, 5.41) is 6.93. The SMILES string of the molecule is CCN1CCN(C(c2cccs2)C2Sc3nc(C)nn3C2=O)CC1. The summed E-state index contributed by atoms with van der Waals surface area (Å²) < 4.78 is 1.49. The minimum atomic E-state index is -0.160. The number of rotatable bonds is 4. The van der Waals surface area contributed by atoms with Crippen LogP contribution in [0.15, 0.2) is 22.7 Å². The van der Waals surface area contributed by atoms with Gasteiger partial charge in [0.15, 0.2) is 5.16 Å². The van der Waals surface area contributed by atoms with Crippen molar-refractivity contribution in [3.05, 3.63) is 28.2 Å². The molecule has 2 aliphatic rings. The molecule has 2 aromatic heterocycles. The molecule has 2 unspecified atom stereocenters. The molecule has 0 N–H and O–H groups in total. The van der Waals surface area contributed by atoms with Crippen molar-refractivity contribution in [3.8, 4) is 0 Å². The second kappa shape index (κ2) is 6.59. The van der Waals surface area contributed by atoms with Crippen molar-refractivity contribution in [2.45, 2.75) is 30.3 Å². The van der Waals surface area contributed by atoms with Crippen LogP contribution >= 0.6 is 23.1 Å². The first kappa shape index (κ1) is 16.3.